The number of nitro benzene ring substituents is 1. The van der Waals surface area contributed by atoms with Gasteiger partial charge in [-0.25, -0.2) is 14.8 Å². The number of para-hydroxylation sites is 2. The summed E-state index contributed by atoms with van der Waals surface area (Å²) < 4.78 is 5.33. The molecule has 0 aliphatic heterocycles. The van der Waals surface area contributed by atoms with E-state index in [1.54, 1.807) is 6.07 Å². The van der Waals surface area contributed by atoms with E-state index < -0.39 is 10.9 Å². The molecule has 0 fully saturated rings. The van der Waals surface area contributed by atoms with Crippen molar-refractivity contribution < 1.29 is 19.6 Å². The van der Waals surface area contributed by atoms with Crippen LogP contribution < -0.4 is 10.5 Å². The first kappa shape index (κ1) is 15.2. The van der Waals surface area contributed by atoms with E-state index >= 15 is 0 Å². The van der Waals surface area contributed by atoms with Crippen molar-refractivity contribution >= 4 is 17.6 Å². The number of nitrogens with zero attached hydrogens (tertiary/aromatic N) is 3. The van der Waals surface area contributed by atoms with Gasteiger partial charge in [0, 0.05) is 6.07 Å². The van der Waals surface area contributed by atoms with Crippen LogP contribution in [0.2, 0.25) is 0 Å². The van der Waals surface area contributed by atoms with Crippen molar-refractivity contribution in [3.63, 3.8) is 0 Å². The Morgan fingerprint density at radius 1 is 1.41 bits per heavy atom. The lowest BCUT2D eigenvalue weighted by molar-refractivity contribution is -0.385. The highest BCUT2D eigenvalue weighted by atomic mass is 16.6. The van der Waals surface area contributed by atoms with Crippen molar-refractivity contribution in [3.8, 4) is 5.75 Å². The first-order chi connectivity index (χ1) is 10.4. The van der Waals surface area contributed by atoms with Crippen LogP contribution in [0.1, 0.15) is 21.7 Å². The molecule has 0 aliphatic rings. The summed E-state index contributed by atoms with van der Waals surface area (Å²) in [7, 11) is 0. The number of hydrogen-bond donors (Lipinski definition) is 2. The molecule has 0 bridgehead atoms. The summed E-state index contributed by atoms with van der Waals surface area (Å²) in [4.78, 5) is 29.2. The first-order valence-corrected chi connectivity index (χ1v) is 6.12. The molecule has 9 heteroatoms. The Balaban J connectivity index is 2.33. The van der Waals surface area contributed by atoms with Crippen LogP contribution in [0.5, 0.6) is 5.75 Å². The molecule has 0 amide bonds. The number of anilines is 1. The van der Waals surface area contributed by atoms with Crippen molar-refractivity contribution in [2.75, 3.05) is 5.73 Å². The molecule has 22 heavy (non-hydrogen) atoms. The maximum Gasteiger partial charge on any atom is 0.339 e. The molecular weight excluding hydrogens is 292 g/mol. The topological polar surface area (TPSA) is 141 Å². The number of nitrogen functional groups attached to an aromatic ring is 1. The quantitative estimate of drug-likeness (QED) is 0.625. The summed E-state index contributed by atoms with van der Waals surface area (Å²) in [6, 6.07) is 5.77. The second-order valence-electron chi connectivity index (χ2n) is 4.31. The van der Waals surface area contributed by atoms with Gasteiger partial charge >= 0.3 is 11.7 Å². The number of carboxylic acids is 1. The molecule has 1 aromatic heterocycles. The van der Waals surface area contributed by atoms with Gasteiger partial charge in [0.05, 0.1) is 16.3 Å². The van der Waals surface area contributed by atoms with Gasteiger partial charge in [0.1, 0.15) is 12.2 Å². The largest absolute Gasteiger partial charge is 0.480 e. The van der Waals surface area contributed by atoms with E-state index in [4.69, 9.17) is 10.5 Å². The van der Waals surface area contributed by atoms with E-state index in [1.165, 1.54) is 25.1 Å². The number of nitrogens with two attached hydrogens (primary N) is 1. The van der Waals surface area contributed by atoms with Crippen LogP contribution >= 0.6 is 0 Å². The number of benzene rings is 1. The molecular formula is C13H12N4O5. The lowest BCUT2D eigenvalue weighted by Crippen LogP contribution is -2.14. The standard InChI is InChI=1S/C13H12N4O5/c1-7-11(12(18)19)8(16-13(14)15-7)6-22-10-5-3-2-4-9(10)17(20)21/h2-5H,6H2,1H3,(H,18,19)(H2,14,15,16). The highest BCUT2D eigenvalue weighted by Gasteiger charge is 2.19. The summed E-state index contributed by atoms with van der Waals surface area (Å²) >= 11 is 0. The van der Waals surface area contributed by atoms with Gasteiger partial charge < -0.3 is 15.6 Å². The van der Waals surface area contributed by atoms with Gasteiger partial charge in [0.25, 0.3) is 0 Å². The van der Waals surface area contributed by atoms with Crippen molar-refractivity contribution in [3.05, 3.63) is 51.3 Å². The predicted octanol–water partition coefficient (Wildman–Crippen LogP) is 1.55. The zero-order chi connectivity index (χ0) is 16.3. The molecule has 0 spiro atoms. The number of carboxylic acid groups (broad SMARTS) is 1. The zero-order valence-corrected chi connectivity index (χ0v) is 11.5. The Morgan fingerprint density at radius 2 is 2.09 bits per heavy atom. The molecule has 2 aromatic rings. The third-order valence-corrected chi connectivity index (χ3v) is 2.82. The van der Waals surface area contributed by atoms with Gasteiger partial charge in [-0.05, 0) is 13.0 Å². The first-order valence-electron chi connectivity index (χ1n) is 6.12. The number of nitro groups is 1. The van der Waals surface area contributed by atoms with E-state index in [1.807, 2.05) is 0 Å². The van der Waals surface area contributed by atoms with E-state index in [2.05, 4.69) is 9.97 Å². The third kappa shape index (κ3) is 3.08. The molecule has 0 radical (unpaired) electrons. The molecule has 0 aliphatic carbocycles. The SMILES string of the molecule is Cc1nc(N)nc(COc2ccccc2[N+](=O)[O-])c1C(=O)O. The number of rotatable bonds is 5. The molecule has 0 saturated heterocycles. The predicted molar refractivity (Wildman–Crippen MR) is 75.6 cm³/mol. The van der Waals surface area contributed by atoms with Crippen LogP contribution in [0.25, 0.3) is 0 Å². The Hall–Kier alpha value is -3.23. The highest BCUT2D eigenvalue weighted by Crippen LogP contribution is 2.27. The fourth-order valence-corrected chi connectivity index (χ4v) is 1.91. The zero-order valence-electron chi connectivity index (χ0n) is 11.5. The van der Waals surface area contributed by atoms with Crippen LogP contribution in [0.4, 0.5) is 11.6 Å². The lowest BCUT2D eigenvalue weighted by atomic mass is 10.1. The van der Waals surface area contributed by atoms with Gasteiger partial charge in [-0.3, -0.25) is 10.1 Å². The smallest absolute Gasteiger partial charge is 0.339 e. The summed E-state index contributed by atoms with van der Waals surface area (Å²) in [6.07, 6.45) is 0. The summed E-state index contributed by atoms with van der Waals surface area (Å²) in [5.74, 6) is -1.30. The monoisotopic (exact) mass is 304 g/mol. The van der Waals surface area contributed by atoms with E-state index in [0.29, 0.717) is 0 Å². The number of ether oxygens (including phenoxy) is 1. The minimum absolute atomic E-state index is 0.0127. The normalized spacial score (nSPS) is 10.2. The molecule has 1 heterocycles. The number of aromatic nitrogens is 2. The van der Waals surface area contributed by atoms with Crippen LogP contribution in [0, 0.1) is 17.0 Å². The van der Waals surface area contributed by atoms with Crippen LogP contribution in [-0.2, 0) is 6.61 Å². The minimum Gasteiger partial charge on any atom is -0.480 e. The molecule has 2 rings (SSSR count). The molecule has 0 atom stereocenters. The Labute approximate surface area is 124 Å². The third-order valence-electron chi connectivity index (χ3n) is 2.82. The van der Waals surface area contributed by atoms with Crippen molar-refractivity contribution in [1.29, 1.82) is 0 Å². The lowest BCUT2D eigenvalue weighted by Gasteiger charge is -2.10. The second kappa shape index (κ2) is 6.04. The molecule has 114 valence electrons. The van der Waals surface area contributed by atoms with E-state index in [0.717, 1.165) is 0 Å². The van der Waals surface area contributed by atoms with Crippen molar-refractivity contribution in [1.82, 2.24) is 9.97 Å². The van der Waals surface area contributed by atoms with Crippen LogP contribution in [0.3, 0.4) is 0 Å². The Kier molecular flexibility index (Phi) is 4.16. The van der Waals surface area contributed by atoms with E-state index in [9.17, 15) is 20.0 Å². The second-order valence-corrected chi connectivity index (χ2v) is 4.31. The Morgan fingerprint density at radius 3 is 2.73 bits per heavy atom. The number of carbonyl (C=O) groups is 1. The number of aromatic carboxylic acids is 1. The molecule has 3 N–H and O–H groups in total. The summed E-state index contributed by atoms with van der Waals surface area (Å²) in [5, 5.41) is 20.1. The molecule has 0 saturated carbocycles. The van der Waals surface area contributed by atoms with Crippen LogP contribution in [0.15, 0.2) is 24.3 Å². The van der Waals surface area contributed by atoms with Crippen LogP contribution in [-0.4, -0.2) is 26.0 Å². The average Bonchev–Trinajstić information content (AvgIpc) is 2.44. The van der Waals surface area contributed by atoms with Crippen molar-refractivity contribution in [2.45, 2.75) is 13.5 Å². The highest BCUT2D eigenvalue weighted by molar-refractivity contribution is 5.90. The number of hydrogen-bond acceptors (Lipinski definition) is 7. The fourth-order valence-electron chi connectivity index (χ4n) is 1.91. The van der Waals surface area contributed by atoms with Gasteiger partial charge in [0.15, 0.2) is 5.75 Å². The van der Waals surface area contributed by atoms with Crippen molar-refractivity contribution in [2.24, 2.45) is 0 Å². The summed E-state index contributed by atoms with van der Waals surface area (Å²) in [5.41, 5.74) is 5.39. The van der Waals surface area contributed by atoms with Gasteiger partial charge in [-0.15, -0.1) is 0 Å². The minimum atomic E-state index is -1.22. The number of aryl methyl sites for hydroxylation is 1. The van der Waals surface area contributed by atoms with Gasteiger partial charge in [0.2, 0.25) is 5.95 Å². The molecule has 1 aromatic carbocycles. The summed E-state index contributed by atoms with van der Waals surface area (Å²) in [6.45, 7) is 1.20. The molecule has 9 nitrogen and oxygen atoms in total. The van der Waals surface area contributed by atoms with E-state index in [-0.39, 0.29) is 40.9 Å². The van der Waals surface area contributed by atoms with Gasteiger partial charge in [-0.2, -0.15) is 0 Å². The van der Waals surface area contributed by atoms with Gasteiger partial charge in [-0.1, -0.05) is 12.1 Å². The maximum absolute atomic E-state index is 11.3. The Bertz CT molecular complexity index is 747. The fraction of sp³-hybridized carbons (Fsp3) is 0.154. The maximum atomic E-state index is 11.3. The average molecular weight is 304 g/mol. The molecule has 0 unspecified atom stereocenters.